The van der Waals surface area contributed by atoms with Crippen molar-refractivity contribution in [3.8, 4) is 5.75 Å². The maximum atomic E-state index is 14.2. The van der Waals surface area contributed by atoms with Crippen molar-refractivity contribution >= 4 is 61.7 Å². The molecule has 10 heteroatoms. The summed E-state index contributed by atoms with van der Waals surface area (Å²) in [4.78, 5) is 20.4. The highest BCUT2D eigenvalue weighted by atomic mass is 35.5. The zero-order valence-corrected chi connectivity index (χ0v) is 15.9. The highest BCUT2D eigenvalue weighted by Crippen LogP contribution is 2.36. The third-order valence-electron chi connectivity index (χ3n) is 4.03. The molecule has 0 radical (unpaired) electrons. The second-order valence-corrected chi connectivity index (χ2v) is 6.71. The van der Waals surface area contributed by atoms with Crippen LogP contribution in [0.5, 0.6) is 5.75 Å². The molecular formula is C17H15ClFN5O2S. The molecular weight excluding hydrogens is 393 g/mol. The van der Waals surface area contributed by atoms with Crippen LogP contribution in [0.15, 0.2) is 30.6 Å². The number of thiazole rings is 1. The average molecular weight is 408 g/mol. The number of methoxy groups -OCH3 is 1. The van der Waals surface area contributed by atoms with Gasteiger partial charge < -0.3 is 20.4 Å². The number of fused-ring (bicyclic) bond motifs is 3. The first-order chi connectivity index (χ1) is 12.5. The Kier molecular flexibility index (Phi) is 4.90. The molecule has 1 amide bonds. The fourth-order valence-electron chi connectivity index (χ4n) is 2.79. The van der Waals surface area contributed by atoms with Gasteiger partial charge in [0.1, 0.15) is 11.0 Å². The van der Waals surface area contributed by atoms with Crippen molar-refractivity contribution in [2.24, 2.45) is 12.8 Å². The van der Waals surface area contributed by atoms with Gasteiger partial charge in [0.25, 0.3) is 0 Å². The van der Waals surface area contributed by atoms with Gasteiger partial charge in [-0.1, -0.05) is 11.3 Å². The number of imidazole rings is 1. The molecule has 2 heterocycles. The van der Waals surface area contributed by atoms with Crippen LogP contribution in [-0.2, 0) is 7.05 Å². The Morgan fingerprint density at radius 1 is 1.33 bits per heavy atom. The van der Waals surface area contributed by atoms with E-state index in [1.54, 1.807) is 6.33 Å². The van der Waals surface area contributed by atoms with E-state index in [0.717, 1.165) is 27.3 Å². The van der Waals surface area contributed by atoms with Gasteiger partial charge in [-0.05, 0) is 24.3 Å². The van der Waals surface area contributed by atoms with Crippen molar-refractivity contribution in [1.29, 1.82) is 0 Å². The number of amides is 1. The van der Waals surface area contributed by atoms with Gasteiger partial charge >= 0.3 is 0 Å². The lowest BCUT2D eigenvalue weighted by Gasteiger charge is -2.11. The van der Waals surface area contributed by atoms with Crippen molar-refractivity contribution in [1.82, 2.24) is 14.5 Å². The molecule has 0 bridgehead atoms. The third-order valence-corrected chi connectivity index (χ3v) is 4.96. The van der Waals surface area contributed by atoms with Gasteiger partial charge in [-0.15, -0.1) is 12.4 Å². The molecule has 4 rings (SSSR count). The predicted molar refractivity (Wildman–Crippen MR) is 106 cm³/mol. The number of rotatable bonds is 4. The van der Waals surface area contributed by atoms with Crippen LogP contribution in [0.25, 0.3) is 21.3 Å². The molecule has 0 unspecified atom stereocenters. The average Bonchev–Trinajstić information content (AvgIpc) is 3.17. The minimum absolute atomic E-state index is 0. The van der Waals surface area contributed by atoms with Crippen LogP contribution in [-0.4, -0.2) is 27.6 Å². The quantitative estimate of drug-likeness (QED) is 0.539. The molecule has 0 saturated carbocycles. The molecule has 0 fully saturated rings. The van der Waals surface area contributed by atoms with Crippen LogP contribution in [0, 0.1) is 5.82 Å². The number of hydrogen-bond donors (Lipinski definition) is 2. The molecule has 0 saturated heterocycles. The van der Waals surface area contributed by atoms with E-state index in [1.807, 2.05) is 23.7 Å². The van der Waals surface area contributed by atoms with Gasteiger partial charge in [0.05, 0.1) is 29.3 Å². The Hall–Kier alpha value is -2.91. The largest absolute Gasteiger partial charge is 0.492 e. The molecule has 0 aliphatic carbocycles. The van der Waals surface area contributed by atoms with E-state index < -0.39 is 11.7 Å². The fraction of sp³-hybridized carbons (Fsp3) is 0.118. The SMILES string of the molecule is COc1c(F)cc(C(N)=O)cc1Nc1nc2c(ccc3c2ncn3C)s1.Cl. The topological polar surface area (TPSA) is 95.1 Å². The first kappa shape index (κ1) is 18.9. The Balaban J connectivity index is 0.00000210. The van der Waals surface area contributed by atoms with Gasteiger partial charge in [-0.25, -0.2) is 14.4 Å². The van der Waals surface area contributed by atoms with Crippen LogP contribution >= 0.6 is 23.7 Å². The number of carbonyl (C=O) groups is 1. The normalized spacial score (nSPS) is 10.8. The Morgan fingerprint density at radius 2 is 2.11 bits per heavy atom. The summed E-state index contributed by atoms with van der Waals surface area (Å²) in [5.41, 5.74) is 8.09. The van der Waals surface area contributed by atoms with E-state index in [9.17, 15) is 9.18 Å². The number of nitrogens with one attached hydrogen (secondary N) is 1. The summed E-state index contributed by atoms with van der Waals surface area (Å²) in [6.45, 7) is 0. The van der Waals surface area contributed by atoms with E-state index in [4.69, 9.17) is 10.5 Å². The summed E-state index contributed by atoms with van der Waals surface area (Å²) in [7, 11) is 3.26. The van der Waals surface area contributed by atoms with Gasteiger partial charge in [-0.2, -0.15) is 0 Å². The van der Waals surface area contributed by atoms with E-state index in [0.29, 0.717) is 5.13 Å². The lowest BCUT2D eigenvalue weighted by molar-refractivity contribution is 0.1000. The number of ether oxygens (including phenoxy) is 1. The lowest BCUT2D eigenvalue weighted by atomic mass is 10.1. The Morgan fingerprint density at radius 3 is 2.81 bits per heavy atom. The molecule has 2 aromatic carbocycles. The zero-order valence-electron chi connectivity index (χ0n) is 14.3. The molecule has 0 aliphatic heterocycles. The second kappa shape index (κ2) is 7.01. The van der Waals surface area contributed by atoms with E-state index >= 15 is 0 Å². The van der Waals surface area contributed by atoms with E-state index in [2.05, 4.69) is 15.3 Å². The summed E-state index contributed by atoms with van der Waals surface area (Å²) in [5, 5.41) is 3.55. The van der Waals surface area contributed by atoms with Crippen molar-refractivity contribution in [2.45, 2.75) is 0 Å². The van der Waals surface area contributed by atoms with Crippen LogP contribution in [0.1, 0.15) is 10.4 Å². The number of primary amides is 1. The van der Waals surface area contributed by atoms with Crippen molar-refractivity contribution < 1.29 is 13.9 Å². The van der Waals surface area contributed by atoms with Crippen molar-refractivity contribution in [3.63, 3.8) is 0 Å². The summed E-state index contributed by atoms with van der Waals surface area (Å²) < 4.78 is 22.1. The van der Waals surface area contributed by atoms with Crippen LogP contribution in [0.4, 0.5) is 15.2 Å². The highest BCUT2D eigenvalue weighted by molar-refractivity contribution is 7.22. The minimum atomic E-state index is -0.728. The van der Waals surface area contributed by atoms with E-state index in [-0.39, 0.29) is 29.4 Å². The number of nitrogens with zero attached hydrogens (tertiary/aromatic N) is 3. The van der Waals surface area contributed by atoms with Gasteiger partial charge in [-0.3, -0.25) is 4.79 Å². The number of hydrogen-bond acceptors (Lipinski definition) is 6. The molecule has 0 spiro atoms. The molecule has 140 valence electrons. The molecule has 4 aromatic rings. The highest BCUT2D eigenvalue weighted by Gasteiger charge is 2.17. The Labute approximate surface area is 163 Å². The zero-order chi connectivity index (χ0) is 18.4. The summed E-state index contributed by atoms with van der Waals surface area (Å²) in [6, 6.07) is 6.41. The van der Waals surface area contributed by atoms with Gasteiger partial charge in [0.15, 0.2) is 16.7 Å². The van der Waals surface area contributed by atoms with Crippen LogP contribution < -0.4 is 15.8 Å². The summed E-state index contributed by atoms with van der Waals surface area (Å²) in [6.07, 6.45) is 1.73. The number of carbonyl (C=O) groups excluding carboxylic acids is 1. The van der Waals surface area contributed by atoms with Crippen molar-refractivity contribution in [3.05, 3.63) is 42.0 Å². The molecule has 2 aromatic heterocycles. The maximum Gasteiger partial charge on any atom is 0.248 e. The van der Waals surface area contributed by atoms with E-state index in [1.165, 1.54) is 24.5 Å². The van der Waals surface area contributed by atoms with Gasteiger partial charge in [0.2, 0.25) is 5.91 Å². The third kappa shape index (κ3) is 3.15. The lowest BCUT2D eigenvalue weighted by Crippen LogP contribution is -2.12. The minimum Gasteiger partial charge on any atom is -0.492 e. The standard InChI is InChI=1S/C17H14FN5O2S.ClH/c1-23-7-20-13-11(23)3-4-12-14(13)22-17(26-12)21-10-6-8(16(19)24)5-9(18)15(10)25-2;/h3-7H,1-2H3,(H2,19,24)(H,21,22);1H. The fourth-order valence-corrected chi connectivity index (χ4v) is 3.67. The van der Waals surface area contributed by atoms with Crippen LogP contribution in [0.2, 0.25) is 0 Å². The molecule has 0 aliphatic rings. The number of anilines is 2. The van der Waals surface area contributed by atoms with Crippen molar-refractivity contribution in [2.75, 3.05) is 12.4 Å². The predicted octanol–water partition coefficient (Wildman–Crippen LogP) is 3.60. The molecule has 7 nitrogen and oxygen atoms in total. The number of benzene rings is 2. The molecule has 0 atom stereocenters. The number of halogens is 2. The summed E-state index contributed by atoms with van der Waals surface area (Å²) in [5.74, 6) is -1.43. The number of aromatic nitrogens is 3. The molecule has 27 heavy (non-hydrogen) atoms. The smallest absolute Gasteiger partial charge is 0.248 e. The number of nitrogens with two attached hydrogens (primary N) is 1. The van der Waals surface area contributed by atoms with Gasteiger partial charge in [0, 0.05) is 12.6 Å². The van der Waals surface area contributed by atoms with Crippen LogP contribution in [0.3, 0.4) is 0 Å². The maximum absolute atomic E-state index is 14.2. The monoisotopic (exact) mass is 407 g/mol. The molecule has 3 N–H and O–H groups in total. The number of aryl methyl sites for hydroxylation is 1. The first-order valence-corrected chi connectivity index (χ1v) is 8.44. The summed E-state index contributed by atoms with van der Waals surface area (Å²) >= 11 is 1.39. The Bertz CT molecular complexity index is 1170. The first-order valence-electron chi connectivity index (χ1n) is 7.63. The second-order valence-electron chi connectivity index (χ2n) is 5.68.